The van der Waals surface area contributed by atoms with Crippen molar-refractivity contribution in [3.63, 3.8) is 0 Å². The number of ether oxygens (including phenoxy) is 1. The molecule has 1 aromatic carbocycles. The van der Waals surface area contributed by atoms with E-state index in [0.29, 0.717) is 12.3 Å². The molecule has 0 aliphatic carbocycles. The average Bonchev–Trinajstić information content (AvgIpc) is 2.98. The first kappa shape index (κ1) is 21.3. The van der Waals surface area contributed by atoms with Crippen molar-refractivity contribution in [2.75, 3.05) is 37.8 Å². The molecule has 0 saturated carbocycles. The molecule has 0 radical (unpaired) electrons. The summed E-state index contributed by atoms with van der Waals surface area (Å²) in [5.74, 6) is -0.425. The van der Waals surface area contributed by atoms with Crippen LogP contribution in [0.1, 0.15) is 40.5 Å². The number of nitrogens with zero attached hydrogens (tertiary/aromatic N) is 4. The lowest BCUT2D eigenvalue weighted by Gasteiger charge is -2.34. The van der Waals surface area contributed by atoms with Crippen LogP contribution in [0, 0.1) is 0 Å². The van der Waals surface area contributed by atoms with Gasteiger partial charge in [0.25, 0.3) is 0 Å². The molecule has 1 unspecified atom stereocenters. The minimum Gasteiger partial charge on any atom is -0.461 e. The number of benzene rings is 1. The molecular formula is C22H32N4O3. The summed E-state index contributed by atoms with van der Waals surface area (Å²) in [5.41, 5.74) is 1.19. The smallest absolute Gasteiger partial charge is 0.354 e. The number of amides is 1. The van der Waals surface area contributed by atoms with E-state index in [1.54, 1.807) is 11.9 Å². The van der Waals surface area contributed by atoms with Crippen LogP contribution in [-0.4, -0.2) is 71.8 Å². The lowest BCUT2D eigenvalue weighted by molar-refractivity contribution is -0.135. The average molecular weight is 401 g/mol. The van der Waals surface area contributed by atoms with Crippen LogP contribution in [0.25, 0.3) is 0 Å². The van der Waals surface area contributed by atoms with Gasteiger partial charge in [-0.1, -0.05) is 18.2 Å². The van der Waals surface area contributed by atoms with E-state index in [4.69, 9.17) is 4.74 Å². The fourth-order valence-electron chi connectivity index (χ4n) is 3.88. The van der Waals surface area contributed by atoms with Crippen molar-refractivity contribution in [1.82, 2.24) is 9.80 Å². The van der Waals surface area contributed by atoms with Crippen LogP contribution in [-0.2, 0) is 14.3 Å². The van der Waals surface area contributed by atoms with E-state index in [1.165, 1.54) is 0 Å². The molecule has 0 bridgehead atoms. The highest BCUT2D eigenvalue weighted by molar-refractivity contribution is 6.38. The molecule has 1 aromatic rings. The van der Waals surface area contributed by atoms with Gasteiger partial charge in [-0.05, 0) is 46.2 Å². The molecule has 3 rings (SSSR count). The van der Waals surface area contributed by atoms with Gasteiger partial charge in [0.15, 0.2) is 0 Å². The summed E-state index contributed by atoms with van der Waals surface area (Å²) in [5, 5.41) is 6.15. The Kier molecular flexibility index (Phi) is 6.57. The Morgan fingerprint density at radius 2 is 1.83 bits per heavy atom. The van der Waals surface area contributed by atoms with Crippen molar-refractivity contribution in [1.29, 1.82) is 0 Å². The Labute approximate surface area is 173 Å². The van der Waals surface area contributed by atoms with Crippen molar-refractivity contribution in [3.8, 4) is 0 Å². The van der Waals surface area contributed by atoms with Crippen LogP contribution in [0.5, 0.6) is 0 Å². The molecule has 7 nitrogen and oxygen atoms in total. The van der Waals surface area contributed by atoms with Crippen LogP contribution in [0.4, 0.5) is 5.69 Å². The van der Waals surface area contributed by atoms with Crippen LogP contribution in [0.15, 0.2) is 35.4 Å². The molecule has 158 valence electrons. The van der Waals surface area contributed by atoms with Crippen molar-refractivity contribution in [3.05, 3.63) is 30.3 Å². The number of hydrogen-bond donors (Lipinski definition) is 0. The molecule has 1 fully saturated rings. The Morgan fingerprint density at radius 3 is 2.48 bits per heavy atom. The Morgan fingerprint density at radius 1 is 1.10 bits per heavy atom. The summed E-state index contributed by atoms with van der Waals surface area (Å²) in [6, 6.07) is 9.02. The zero-order valence-electron chi connectivity index (χ0n) is 17.9. The number of carbonyl (C=O) groups excluding carboxylic acids is 2. The largest absolute Gasteiger partial charge is 0.461 e. The highest BCUT2D eigenvalue weighted by atomic mass is 16.5. The van der Waals surface area contributed by atoms with Gasteiger partial charge in [0.05, 0.1) is 12.3 Å². The molecule has 2 aliphatic rings. The van der Waals surface area contributed by atoms with E-state index in [1.807, 2.05) is 35.2 Å². The second kappa shape index (κ2) is 8.95. The zero-order valence-corrected chi connectivity index (χ0v) is 17.9. The Bertz CT molecular complexity index is 757. The molecule has 1 amide bonds. The van der Waals surface area contributed by atoms with Crippen molar-refractivity contribution < 1.29 is 14.3 Å². The first-order valence-corrected chi connectivity index (χ1v) is 10.4. The second-order valence-electron chi connectivity index (χ2n) is 8.50. The van der Waals surface area contributed by atoms with Crippen LogP contribution in [0.3, 0.4) is 0 Å². The third-order valence-corrected chi connectivity index (χ3v) is 5.48. The number of para-hydroxylation sites is 1. The van der Waals surface area contributed by atoms with Gasteiger partial charge in [-0.3, -0.25) is 14.7 Å². The third kappa shape index (κ3) is 4.96. The molecule has 1 saturated heterocycles. The summed E-state index contributed by atoms with van der Waals surface area (Å²) < 4.78 is 5.13. The highest BCUT2D eigenvalue weighted by Gasteiger charge is 2.39. The number of hydrazone groups is 1. The molecule has 0 aromatic heterocycles. The van der Waals surface area contributed by atoms with Gasteiger partial charge in [0.2, 0.25) is 5.91 Å². The van der Waals surface area contributed by atoms with Gasteiger partial charge in [-0.25, -0.2) is 4.79 Å². The van der Waals surface area contributed by atoms with Gasteiger partial charge in [0.1, 0.15) is 11.8 Å². The van der Waals surface area contributed by atoms with Gasteiger partial charge >= 0.3 is 5.97 Å². The van der Waals surface area contributed by atoms with E-state index in [2.05, 4.69) is 30.8 Å². The lowest BCUT2D eigenvalue weighted by Crippen LogP contribution is -2.48. The second-order valence-corrected chi connectivity index (χ2v) is 8.50. The van der Waals surface area contributed by atoms with Crippen molar-refractivity contribution in [2.24, 2.45) is 5.10 Å². The first-order chi connectivity index (χ1) is 13.8. The number of carbonyl (C=O) groups is 2. The SMILES string of the molecule is CCOC(=O)C1=NN(c2ccccc2)C(C(=O)N2CCCN(C(C)(C)C)CC2)C1. The maximum atomic E-state index is 13.5. The molecule has 1 atom stereocenters. The summed E-state index contributed by atoms with van der Waals surface area (Å²) in [4.78, 5) is 30.1. The molecular weight excluding hydrogens is 368 g/mol. The lowest BCUT2D eigenvalue weighted by atomic mass is 10.1. The number of rotatable bonds is 4. The minimum atomic E-state index is -0.516. The zero-order chi connectivity index (χ0) is 21.0. The predicted molar refractivity (Wildman–Crippen MR) is 114 cm³/mol. The van der Waals surface area contributed by atoms with Gasteiger partial charge < -0.3 is 9.64 Å². The van der Waals surface area contributed by atoms with E-state index >= 15 is 0 Å². The van der Waals surface area contributed by atoms with Crippen molar-refractivity contribution in [2.45, 2.75) is 52.1 Å². The van der Waals surface area contributed by atoms with E-state index in [-0.39, 0.29) is 24.5 Å². The summed E-state index contributed by atoms with van der Waals surface area (Å²) in [7, 11) is 0. The standard InChI is InChI=1S/C22H32N4O3/c1-5-29-21(28)18-16-19(26(23-18)17-10-7-6-8-11-17)20(27)24-12-9-13-25(15-14-24)22(2,3)4/h6-8,10-11,19H,5,9,12-16H2,1-4H3. The molecule has 0 N–H and O–H groups in total. The highest BCUT2D eigenvalue weighted by Crippen LogP contribution is 2.27. The summed E-state index contributed by atoms with van der Waals surface area (Å²) in [6.07, 6.45) is 1.21. The van der Waals surface area contributed by atoms with E-state index < -0.39 is 12.0 Å². The molecule has 2 aliphatic heterocycles. The number of anilines is 1. The predicted octanol–water partition coefficient (Wildman–Crippen LogP) is 2.52. The summed E-state index contributed by atoms with van der Waals surface area (Å²) >= 11 is 0. The van der Waals surface area contributed by atoms with Gasteiger partial charge in [-0.2, -0.15) is 5.10 Å². The fourth-order valence-corrected chi connectivity index (χ4v) is 3.88. The maximum absolute atomic E-state index is 13.5. The quantitative estimate of drug-likeness (QED) is 0.727. The Hall–Kier alpha value is -2.41. The Balaban J connectivity index is 1.78. The molecule has 7 heteroatoms. The fraction of sp³-hybridized carbons (Fsp3) is 0.591. The van der Waals surface area contributed by atoms with Crippen LogP contribution in [0.2, 0.25) is 0 Å². The van der Waals surface area contributed by atoms with Gasteiger partial charge in [-0.15, -0.1) is 0 Å². The molecule has 0 spiro atoms. The summed E-state index contributed by atoms with van der Waals surface area (Å²) in [6.45, 7) is 11.9. The monoisotopic (exact) mass is 400 g/mol. The number of esters is 1. The topological polar surface area (TPSA) is 65.5 Å². The van der Waals surface area contributed by atoms with Crippen LogP contribution < -0.4 is 5.01 Å². The normalized spacial score (nSPS) is 21.0. The maximum Gasteiger partial charge on any atom is 0.354 e. The van der Waals surface area contributed by atoms with E-state index in [9.17, 15) is 9.59 Å². The third-order valence-electron chi connectivity index (χ3n) is 5.48. The molecule has 29 heavy (non-hydrogen) atoms. The van der Waals surface area contributed by atoms with Gasteiger partial charge in [0, 0.05) is 38.1 Å². The number of hydrogen-bond acceptors (Lipinski definition) is 6. The first-order valence-electron chi connectivity index (χ1n) is 10.4. The minimum absolute atomic E-state index is 0.0210. The van der Waals surface area contributed by atoms with Crippen molar-refractivity contribution >= 4 is 23.3 Å². The molecule has 2 heterocycles. The van der Waals surface area contributed by atoms with Crippen LogP contribution >= 0.6 is 0 Å². The van der Waals surface area contributed by atoms with E-state index in [0.717, 1.165) is 31.7 Å².